The van der Waals surface area contributed by atoms with Crippen LogP contribution in [0.3, 0.4) is 0 Å². The van der Waals surface area contributed by atoms with Gasteiger partial charge in [0.2, 0.25) is 5.91 Å². The van der Waals surface area contributed by atoms with Gasteiger partial charge in [-0.25, -0.2) is 4.79 Å². The number of carbonyl (C=O) groups is 2. The number of amides is 1. The van der Waals surface area contributed by atoms with E-state index in [1.165, 1.54) is 0 Å². The molecule has 0 unspecified atom stereocenters. The SMILES string of the molecule is CC1(OCC(=O)O)CN(CC(=O)Nc2ccc(Br)cc2)C1. The van der Waals surface area contributed by atoms with Crippen LogP contribution in [0.1, 0.15) is 6.92 Å². The van der Waals surface area contributed by atoms with Crippen molar-refractivity contribution in [3.8, 4) is 0 Å². The molecule has 1 amide bonds. The number of carboxylic acid groups (broad SMARTS) is 1. The van der Waals surface area contributed by atoms with Crippen LogP contribution in [0.2, 0.25) is 0 Å². The van der Waals surface area contributed by atoms with Crippen molar-refractivity contribution in [3.05, 3.63) is 28.7 Å². The van der Waals surface area contributed by atoms with Gasteiger partial charge in [-0.1, -0.05) is 15.9 Å². The molecule has 1 aliphatic heterocycles. The van der Waals surface area contributed by atoms with Gasteiger partial charge in [0, 0.05) is 23.2 Å². The fourth-order valence-electron chi connectivity index (χ4n) is 2.28. The number of anilines is 1. The van der Waals surface area contributed by atoms with E-state index in [0.717, 1.165) is 10.2 Å². The number of nitrogens with zero attached hydrogens (tertiary/aromatic N) is 1. The van der Waals surface area contributed by atoms with Gasteiger partial charge >= 0.3 is 5.97 Å². The van der Waals surface area contributed by atoms with Crippen molar-refractivity contribution < 1.29 is 19.4 Å². The summed E-state index contributed by atoms with van der Waals surface area (Å²) in [7, 11) is 0. The average Bonchev–Trinajstić information content (AvgIpc) is 2.37. The molecule has 0 saturated carbocycles. The molecule has 0 bridgehead atoms. The van der Waals surface area contributed by atoms with Crippen LogP contribution in [0.15, 0.2) is 28.7 Å². The molecule has 0 aromatic heterocycles. The maximum Gasteiger partial charge on any atom is 0.329 e. The number of hydrogen-bond donors (Lipinski definition) is 2. The molecule has 1 heterocycles. The first kappa shape index (κ1) is 15.9. The zero-order chi connectivity index (χ0) is 15.5. The molecule has 1 aromatic carbocycles. The van der Waals surface area contributed by atoms with Crippen LogP contribution in [0.4, 0.5) is 5.69 Å². The summed E-state index contributed by atoms with van der Waals surface area (Å²) in [6, 6.07) is 7.35. The van der Waals surface area contributed by atoms with Gasteiger partial charge in [0.25, 0.3) is 0 Å². The van der Waals surface area contributed by atoms with E-state index in [9.17, 15) is 9.59 Å². The largest absolute Gasteiger partial charge is 0.480 e. The fraction of sp³-hybridized carbons (Fsp3) is 0.429. The summed E-state index contributed by atoms with van der Waals surface area (Å²) in [4.78, 5) is 24.3. The van der Waals surface area contributed by atoms with Crippen LogP contribution in [0.25, 0.3) is 0 Å². The molecule has 0 spiro atoms. The lowest BCUT2D eigenvalue weighted by atomic mass is 9.96. The van der Waals surface area contributed by atoms with E-state index in [0.29, 0.717) is 13.1 Å². The molecule has 1 aliphatic rings. The Hall–Kier alpha value is -1.44. The Labute approximate surface area is 131 Å². The van der Waals surface area contributed by atoms with Crippen molar-refractivity contribution in [2.75, 3.05) is 31.6 Å². The first-order valence-corrected chi connectivity index (χ1v) is 7.29. The van der Waals surface area contributed by atoms with Crippen molar-refractivity contribution in [2.24, 2.45) is 0 Å². The van der Waals surface area contributed by atoms with E-state index >= 15 is 0 Å². The molecule has 0 atom stereocenters. The van der Waals surface area contributed by atoms with Crippen LogP contribution in [0.5, 0.6) is 0 Å². The lowest BCUT2D eigenvalue weighted by Crippen LogP contribution is -2.63. The molecule has 0 radical (unpaired) electrons. The third kappa shape index (κ3) is 4.80. The second-order valence-corrected chi connectivity index (χ2v) is 6.25. The third-order valence-corrected chi connectivity index (χ3v) is 3.68. The molecule has 6 nitrogen and oxygen atoms in total. The molecule has 0 aliphatic carbocycles. The quantitative estimate of drug-likeness (QED) is 0.808. The van der Waals surface area contributed by atoms with Crippen molar-refractivity contribution >= 4 is 33.5 Å². The third-order valence-electron chi connectivity index (χ3n) is 3.16. The highest BCUT2D eigenvalue weighted by molar-refractivity contribution is 9.10. The molecule has 2 N–H and O–H groups in total. The lowest BCUT2D eigenvalue weighted by molar-refractivity contribution is -0.165. The first-order chi connectivity index (χ1) is 9.86. The van der Waals surface area contributed by atoms with E-state index in [1.54, 1.807) is 0 Å². The number of halogens is 1. The van der Waals surface area contributed by atoms with Crippen LogP contribution >= 0.6 is 15.9 Å². The van der Waals surface area contributed by atoms with Crippen LogP contribution in [0, 0.1) is 0 Å². The Morgan fingerprint density at radius 1 is 1.38 bits per heavy atom. The number of carboxylic acids is 1. The van der Waals surface area contributed by atoms with E-state index in [1.807, 2.05) is 36.1 Å². The van der Waals surface area contributed by atoms with E-state index < -0.39 is 11.6 Å². The summed E-state index contributed by atoms with van der Waals surface area (Å²) in [5.74, 6) is -1.08. The van der Waals surface area contributed by atoms with Gasteiger partial charge in [0.1, 0.15) is 6.61 Å². The van der Waals surface area contributed by atoms with Crippen molar-refractivity contribution in [1.82, 2.24) is 4.90 Å². The van der Waals surface area contributed by atoms with Crippen molar-refractivity contribution in [2.45, 2.75) is 12.5 Å². The first-order valence-electron chi connectivity index (χ1n) is 6.50. The Balaban J connectivity index is 1.73. The van der Waals surface area contributed by atoms with Gasteiger partial charge in [0.05, 0.1) is 12.1 Å². The highest BCUT2D eigenvalue weighted by atomic mass is 79.9. The van der Waals surface area contributed by atoms with Crippen LogP contribution in [-0.2, 0) is 14.3 Å². The Morgan fingerprint density at radius 3 is 2.57 bits per heavy atom. The van der Waals surface area contributed by atoms with E-state index in [-0.39, 0.29) is 19.1 Å². The normalized spacial score (nSPS) is 17.0. The standard InChI is InChI=1S/C14H17BrN2O4/c1-14(21-7-13(19)20)8-17(9-14)6-12(18)16-11-4-2-10(15)3-5-11/h2-5H,6-9H2,1H3,(H,16,18)(H,19,20). The number of aliphatic carboxylic acids is 1. The highest BCUT2D eigenvalue weighted by Crippen LogP contribution is 2.24. The summed E-state index contributed by atoms with van der Waals surface area (Å²) in [5.41, 5.74) is 0.268. The molecule has 7 heteroatoms. The predicted molar refractivity (Wildman–Crippen MR) is 81.2 cm³/mol. The second kappa shape index (κ2) is 6.55. The number of likely N-dealkylation sites (tertiary alicyclic amines) is 1. The number of rotatable bonds is 6. The molecule has 2 rings (SSSR count). The lowest BCUT2D eigenvalue weighted by Gasteiger charge is -2.46. The minimum atomic E-state index is -0.984. The fourth-order valence-corrected chi connectivity index (χ4v) is 2.54. The molecule has 114 valence electrons. The number of hydrogen-bond acceptors (Lipinski definition) is 4. The topological polar surface area (TPSA) is 78.9 Å². The predicted octanol–water partition coefficient (Wildman–Crippen LogP) is 1.56. The average molecular weight is 357 g/mol. The van der Waals surface area contributed by atoms with Crippen LogP contribution < -0.4 is 5.32 Å². The summed E-state index contributed by atoms with van der Waals surface area (Å²) in [5, 5.41) is 11.4. The smallest absolute Gasteiger partial charge is 0.329 e. The van der Waals surface area contributed by atoms with Gasteiger partial charge in [-0.15, -0.1) is 0 Å². The van der Waals surface area contributed by atoms with E-state index in [4.69, 9.17) is 9.84 Å². The summed E-state index contributed by atoms with van der Waals surface area (Å²) in [6.07, 6.45) is 0. The maximum absolute atomic E-state index is 11.9. The minimum Gasteiger partial charge on any atom is -0.480 e. The molecule has 1 saturated heterocycles. The number of benzene rings is 1. The summed E-state index contributed by atoms with van der Waals surface area (Å²) >= 11 is 3.33. The maximum atomic E-state index is 11.9. The molecular weight excluding hydrogens is 340 g/mol. The van der Waals surface area contributed by atoms with Gasteiger partial charge in [0.15, 0.2) is 0 Å². The number of nitrogens with one attached hydrogen (secondary N) is 1. The molecular formula is C14H17BrN2O4. The zero-order valence-electron chi connectivity index (χ0n) is 11.6. The van der Waals surface area contributed by atoms with Gasteiger partial charge in [-0.2, -0.15) is 0 Å². The van der Waals surface area contributed by atoms with E-state index in [2.05, 4.69) is 21.2 Å². The highest BCUT2D eigenvalue weighted by Gasteiger charge is 2.40. The number of carbonyl (C=O) groups excluding carboxylic acids is 1. The summed E-state index contributed by atoms with van der Waals surface area (Å²) < 4.78 is 6.25. The molecule has 1 fully saturated rings. The minimum absolute atomic E-state index is 0.0994. The Morgan fingerprint density at radius 2 is 2.00 bits per heavy atom. The molecule has 1 aromatic rings. The Bertz CT molecular complexity index is 526. The van der Waals surface area contributed by atoms with Crippen LogP contribution in [-0.4, -0.2) is 53.7 Å². The second-order valence-electron chi connectivity index (χ2n) is 5.33. The van der Waals surface area contributed by atoms with Gasteiger partial charge in [-0.3, -0.25) is 9.69 Å². The number of ether oxygens (including phenoxy) is 1. The Kier molecular flexibility index (Phi) is 4.97. The van der Waals surface area contributed by atoms with Crippen molar-refractivity contribution in [1.29, 1.82) is 0 Å². The monoisotopic (exact) mass is 356 g/mol. The summed E-state index contributed by atoms with van der Waals surface area (Å²) in [6.45, 7) is 2.90. The van der Waals surface area contributed by atoms with Crippen molar-refractivity contribution in [3.63, 3.8) is 0 Å². The molecule has 21 heavy (non-hydrogen) atoms. The van der Waals surface area contributed by atoms with Gasteiger partial charge in [-0.05, 0) is 31.2 Å². The zero-order valence-corrected chi connectivity index (χ0v) is 13.2. The van der Waals surface area contributed by atoms with Gasteiger partial charge < -0.3 is 15.2 Å².